The van der Waals surface area contributed by atoms with Gasteiger partial charge in [-0.05, 0) is 31.5 Å². The number of nitrogens with zero attached hydrogens (tertiary/aromatic N) is 2. The van der Waals surface area contributed by atoms with Crippen molar-refractivity contribution in [1.82, 2.24) is 20.4 Å². The van der Waals surface area contributed by atoms with Crippen molar-refractivity contribution in [3.05, 3.63) is 46.7 Å². The quantitative estimate of drug-likeness (QED) is 0.835. The standard InChI is InChI=1S/C18H21ClN4O2.ClH/c19-14-5-1-4-13-15(7-10-25-17(13)14)21-18(24)16-6-9-23(22-16)12-3-2-8-20-11-12;/h1,4-6,9,12,15,20H,2-3,7-8,10-11H2,(H,21,24);1H. The Morgan fingerprint density at radius 1 is 1.35 bits per heavy atom. The van der Waals surface area contributed by atoms with E-state index in [0.29, 0.717) is 35.5 Å². The van der Waals surface area contributed by atoms with Crippen molar-refractivity contribution < 1.29 is 9.53 Å². The largest absolute Gasteiger partial charge is 0.492 e. The fourth-order valence-corrected chi connectivity index (χ4v) is 3.73. The Bertz CT molecular complexity index is 774. The number of amides is 1. The molecule has 2 aromatic rings. The first-order valence-corrected chi connectivity index (χ1v) is 9.08. The van der Waals surface area contributed by atoms with Crippen molar-refractivity contribution in [1.29, 1.82) is 0 Å². The summed E-state index contributed by atoms with van der Waals surface area (Å²) in [5, 5.41) is 11.5. The lowest BCUT2D eigenvalue weighted by Gasteiger charge is -2.27. The molecule has 2 aliphatic heterocycles. The van der Waals surface area contributed by atoms with Gasteiger partial charge in [0.05, 0.1) is 23.7 Å². The number of rotatable bonds is 3. The molecule has 26 heavy (non-hydrogen) atoms. The fourth-order valence-electron chi connectivity index (χ4n) is 3.49. The van der Waals surface area contributed by atoms with Crippen LogP contribution in [-0.4, -0.2) is 35.4 Å². The van der Waals surface area contributed by atoms with Crippen LogP contribution in [0.5, 0.6) is 5.75 Å². The van der Waals surface area contributed by atoms with Crippen LogP contribution in [-0.2, 0) is 0 Å². The molecule has 1 fully saturated rings. The highest BCUT2D eigenvalue weighted by atomic mass is 35.5. The lowest BCUT2D eigenvalue weighted by molar-refractivity contribution is 0.0918. The van der Waals surface area contributed by atoms with E-state index < -0.39 is 0 Å². The molecule has 2 N–H and O–H groups in total. The van der Waals surface area contributed by atoms with Crippen LogP contribution in [0.1, 0.15) is 47.4 Å². The molecule has 0 saturated carbocycles. The van der Waals surface area contributed by atoms with E-state index in [2.05, 4.69) is 15.7 Å². The maximum Gasteiger partial charge on any atom is 0.272 e. The highest BCUT2D eigenvalue weighted by Crippen LogP contribution is 2.37. The molecule has 1 aromatic heterocycles. The summed E-state index contributed by atoms with van der Waals surface area (Å²) in [4.78, 5) is 12.6. The van der Waals surface area contributed by atoms with Crippen molar-refractivity contribution in [3.8, 4) is 5.75 Å². The zero-order chi connectivity index (χ0) is 17.2. The predicted octanol–water partition coefficient (Wildman–Crippen LogP) is 3.14. The second kappa shape index (κ2) is 8.29. The second-order valence-electron chi connectivity index (χ2n) is 6.50. The van der Waals surface area contributed by atoms with Gasteiger partial charge in [-0.1, -0.05) is 23.7 Å². The van der Waals surface area contributed by atoms with Crippen LogP contribution in [0.15, 0.2) is 30.5 Å². The van der Waals surface area contributed by atoms with E-state index in [1.54, 1.807) is 12.1 Å². The number of fused-ring (bicyclic) bond motifs is 1. The second-order valence-corrected chi connectivity index (χ2v) is 6.91. The van der Waals surface area contributed by atoms with Crippen molar-refractivity contribution in [2.75, 3.05) is 19.7 Å². The Balaban J connectivity index is 0.00000196. The summed E-state index contributed by atoms with van der Waals surface area (Å²) >= 11 is 6.19. The minimum absolute atomic E-state index is 0. The molecule has 3 heterocycles. The molecule has 0 radical (unpaired) electrons. The van der Waals surface area contributed by atoms with E-state index in [-0.39, 0.29) is 24.4 Å². The summed E-state index contributed by atoms with van der Waals surface area (Å²) in [7, 11) is 0. The van der Waals surface area contributed by atoms with Crippen LogP contribution < -0.4 is 15.4 Å². The number of hydrogen-bond donors (Lipinski definition) is 2. The number of hydrogen-bond acceptors (Lipinski definition) is 4. The molecular weight excluding hydrogens is 375 g/mol. The maximum atomic E-state index is 12.6. The summed E-state index contributed by atoms with van der Waals surface area (Å²) in [6.07, 6.45) is 4.82. The van der Waals surface area contributed by atoms with Crippen LogP contribution in [0.2, 0.25) is 5.02 Å². The third kappa shape index (κ3) is 3.82. The molecule has 1 amide bonds. The Hall–Kier alpha value is -1.76. The molecule has 1 saturated heterocycles. The first-order chi connectivity index (χ1) is 12.2. The summed E-state index contributed by atoms with van der Waals surface area (Å²) in [5.41, 5.74) is 1.36. The summed E-state index contributed by atoms with van der Waals surface area (Å²) in [6.45, 7) is 2.48. The number of benzene rings is 1. The summed E-state index contributed by atoms with van der Waals surface area (Å²) in [6, 6.07) is 7.60. The molecule has 6 nitrogen and oxygen atoms in total. The monoisotopic (exact) mass is 396 g/mol. The number of aromatic nitrogens is 2. The molecule has 2 aliphatic rings. The minimum atomic E-state index is -0.166. The van der Waals surface area contributed by atoms with E-state index in [9.17, 15) is 4.79 Å². The van der Waals surface area contributed by atoms with E-state index in [1.807, 2.05) is 23.0 Å². The first kappa shape index (κ1) is 19.0. The third-order valence-corrected chi connectivity index (χ3v) is 5.11. The summed E-state index contributed by atoms with van der Waals surface area (Å²) in [5.74, 6) is 0.500. The Morgan fingerprint density at radius 2 is 2.23 bits per heavy atom. The average molecular weight is 397 g/mol. The normalized spacial score (nSPS) is 21.9. The molecule has 140 valence electrons. The molecule has 0 aliphatic carbocycles. The number of ether oxygens (including phenoxy) is 1. The molecular formula is C18H22Cl2N4O2. The van der Waals surface area contributed by atoms with Gasteiger partial charge < -0.3 is 15.4 Å². The smallest absolute Gasteiger partial charge is 0.272 e. The average Bonchev–Trinajstić information content (AvgIpc) is 3.14. The maximum absolute atomic E-state index is 12.6. The van der Waals surface area contributed by atoms with Crippen molar-refractivity contribution >= 4 is 29.9 Å². The molecule has 4 rings (SSSR count). The fraction of sp³-hybridized carbons (Fsp3) is 0.444. The number of nitrogens with one attached hydrogen (secondary N) is 2. The Labute approximate surface area is 163 Å². The van der Waals surface area contributed by atoms with Crippen molar-refractivity contribution in [2.24, 2.45) is 0 Å². The van der Waals surface area contributed by atoms with Gasteiger partial charge in [-0.2, -0.15) is 5.10 Å². The zero-order valence-corrected chi connectivity index (χ0v) is 15.9. The van der Waals surface area contributed by atoms with Gasteiger partial charge in [-0.3, -0.25) is 9.48 Å². The van der Waals surface area contributed by atoms with Crippen LogP contribution in [0.25, 0.3) is 0 Å². The van der Waals surface area contributed by atoms with Gasteiger partial charge in [-0.15, -0.1) is 12.4 Å². The number of carbonyl (C=O) groups is 1. The lowest BCUT2D eigenvalue weighted by Crippen LogP contribution is -2.33. The van der Waals surface area contributed by atoms with Gasteiger partial charge in [0.1, 0.15) is 11.4 Å². The molecule has 1 aromatic carbocycles. The number of halogens is 2. The minimum Gasteiger partial charge on any atom is -0.492 e. The summed E-state index contributed by atoms with van der Waals surface area (Å²) < 4.78 is 7.54. The van der Waals surface area contributed by atoms with Crippen LogP contribution >= 0.6 is 24.0 Å². The Kier molecular flexibility index (Phi) is 6.06. The number of para-hydroxylation sites is 1. The van der Waals surface area contributed by atoms with E-state index in [1.165, 1.54) is 0 Å². The van der Waals surface area contributed by atoms with Crippen molar-refractivity contribution in [2.45, 2.75) is 31.3 Å². The van der Waals surface area contributed by atoms with Crippen LogP contribution in [0.3, 0.4) is 0 Å². The van der Waals surface area contributed by atoms with Crippen molar-refractivity contribution in [3.63, 3.8) is 0 Å². The SMILES string of the molecule is Cl.O=C(NC1CCOc2c(Cl)cccc21)c1ccn(C2CCCNC2)n1. The van der Waals surface area contributed by atoms with Gasteiger partial charge in [0.25, 0.3) is 5.91 Å². The highest BCUT2D eigenvalue weighted by Gasteiger charge is 2.26. The first-order valence-electron chi connectivity index (χ1n) is 8.70. The van der Waals surface area contributed by atoms with E-state index in [0.717, 1.165) is 31.5 Å². The number of carbonyl (C=O) groups excluding carboxylic acids is 1. The zero-order valence-electron chi connectivity index (χ0n) is 14.3. The topological polar surface area (TPSA) is 68.2 Å². The molecule has 0 bridgehead atoms. The highest BCUT2D eigenvalue weighted by molar-refractivity contribution is 6.32. The van der Waals surface area contributed by atoms with Gasteiger partial charge in [0.2, 0.25) is 0 Å². The van der Waals surface area contributed by atoms with Gasteiger partial charge in [0.15, 0.2) is 0 Å². The van der Waals surface area contributed by atoms with Crippen LogP contribution in [0, 0.1) is 0 Å². The predicted molar refractivity (Wildman–Crippen MR) is 102 cm³/mol. The van der Waals surface area contributed by atoms with Gasteiger partial charge in [0, 0.05) is 24.7 Å². The van der Waals surface area contributed by atoms with E-state index in [4.69, 9.17) is 16.3 Å². The van der Waals surface area contributed by atoms with E-state index >= 15 is 0 Å². The molecule has 0 spiro atoms. The molecule has 2 unspecified atom stereocenters. The molecule has 2 atom stereocenters. The van der Waals surface area contributed by atoms with Crippen LogP contribution in [0.4, 0.5) is 0 Å². The Morgan fingerprint density at radius 3 is 3.04 bits per heavy atom. The van der Waals surface area contributed by atoms with Gasteiger partial charge >= 0.3 is 0 Å². The molecule has 8 heteroatoms. The number of piperidine rings is 1. The van der Waals surface area contributed by atoms with Gasteiger partial charge in [-0.25, -0.2) is 0 Å². The third-order valence-electron chi connectivity index (χ3n) is 4.82. The lowest BCUT2D eigenvalue weighted by atomic mass is 10.0.